The number of ether oxygens (including phenoxy) is 2. The minimum atomic E-state index is 0. The molecule has 0 bridgehead atoms. The van der Waals surface area contributed by atoms with Gasteiger partial charge < -0.3 is 10.9 Å². The standard InChI is InChI=1S/C13H19O3P.Li.H/c1-9(17)7-8-10(14)13-11(15-2)5-4-6-12(13)16-3;;/h4-6,9H,7-8,17H2,1-3H3;;/q;+1;-1. The van der Waals surface area contributed by atoms with E-state index >= 15 is 0 Å². The van der Waals surface area contributed by atoms with Crippen LogP contribution in [0.2, 0.25) is 0 Å². The van der Waals surface area contributed by atoms with Gasteiger partial charge in [-0.05, 0) is 24.2 Å². The third-order valence-electron chi connectivity index (χ3n) is 2.53. The molecular formula is C13H20LiO3P. The molecule has 2 atom stereocenters. The summed E-state index contributed by atoms with van der Waals surface area (Å²) in [4.78, 5) is 12.1. The number of methoxy groups -OCH3 is 2. The SMILES string of the molecule is COc1cccc(OC)c1C(=O)CCC(C)P.[H-].[Li+]. The van der Waals surface area contributed by atoms with Crippen molar-refractivity contribution in [3.05, 3.63) is 23.8 Å². The van der Waals surface area contributed by atoms with Crippen molar-refractivity contribution < 1.29 is 34.6 Å². The van der Waals surface area contributed by atoms with E-state index in [1.807, 2.05) is 6.07 Å². The Hall–Kier alpha value is -0.483. The van der Waals surface area contributed by atoms with E-state index in [0.717, 1.165) is 6.42 Å². The summed E-state index contributed by atoms with van der Waals surface area (Å²) >= 11 is 0. The zero-order chi connectivity index (χ0) is 12.8. The number of carbonyl (C=O) groups excluding carboxylic acids is 1. The first-order valence-electron chi connectivity index (χ1n) is 5.60. The van der Waals surface area contributed by atoms with Gasteiger partial charge in [0, 0.05) is 6.42 Å². The Morgan fingerprint density at radius 3 is 2.22 bits per heavy atom. The van der Waals surface area contributed by atoms with Crippen LogP contribution >= 0.6 is 9.24 Å². The molecule has 3 nitrogen and oxygen atoms in total. The molecule has 18 heavy (non-hydrogen) atoms. The molecule has 5 heteroatoms. The molecular weight excluding hydrogens is 242 g/mol. The first kappa shape index (κ1) is 17.5. The molecule has 0 N–H and O–H groups in total. The summed E-state index contributed by atoms with van der Waals surface area (Å²) in [6.07, 6.45) is 1.34. The smallest absolute Gasteiger partial charge is 1.00 e. The monoisotopic (exact) mass is 262 g/mol. The van der Waals surface area contributed by atoms with Crippen molar-refractivity contribution in [2.45, 2.75) is 25.4 Å². The summed E-state index contributed by atoms with van der Waals surface area (Å²) in [6.45, 7) is 2.07. The number of benzene rings is 1. The number of hydrogen-bond acceptors (Lipinski definition) is 3. The second-order valence-corrected chi connectivity index (χ2v) is 5.11. The zero-order valence-corrected chi connectivity index (χ0v) is 12.7. The first-order valence-corrected chi connectivity index (χ1v) is 6.26. The fraction of sp³-hybridized carbons (Fsp3) is 0.462. The molecule has 96 valence electrons. The van der Waals surface area contributed by atoms with Crippen LogP contribution in [0.15, 0.2) is 18.2 Å². The summed E-state index contributed by atoms with van der Waals surface area (Å²) in [5.74, 6) is 1.21. The minimum absolute atomic E-state index is 0. The number of ketones is 1. The predicted molar refractivity (Wildman–Crippen MR) is 73.4 cm³/mol. The number of carbonyl (C=O) groups is 1. The van der Waals surface area contributed by atoms with Gasteiger partial charge in [0.05, 0.1) is 14.2 Å². The second kappa shape index (κ2) is 8.59. The number of Topliss-reactive ketones (excluding diaryl/α,β-unsaturated/α-hetero) is 1. The van der Waals surface area contributed by atoms with Crippen LogP contribution < -0.4 is 28.3 Å². The van der Waals surface area contributed by atoms with Crippen LogP contribution in [0, 0.1) is 0 Å². The van der Waals surface area contributed by atoms with E-state index in [1.54, 1.807) is 26.4 Å². The number of hydrogen-bond donors (Lipinski definition) is 0. The third-order valence-corrected chi connectivity index (χ3v) is 2.87. The minimum Gasteiger partial charge on any atom is -1.00 e. The van der Waals surface area contributed by atoms with E-state index in [2.05, 4.69) is 16.2 Å². The zero-order valence-electron chi connectivity index (χ0n) is 12.5. The Morgan fingerprint density at radius 2 is 1.83 bits per heavy atom. The quantitative estimate of drug-likeness (QED) is 0.413. The van der Waals surface area contributed by atoms with Gasteiger partial charge in [0.1, 0.15) is 17.1 Å². The van der Waals surface area contributed by atoms with Crippen LogP contribution in [0.3, 0.4) is 0 Å². The van der Waals surface area contributed by atoms with E-state index < -0.39 is 0 Å². The van der Waals surface area contributed by atoms with Gasteiger partial charge in [0.15, 0.2) is 5.78 Å². The van der Waals surface area contributed by atoms with Gasteiger partial charge in [-0.2, -0.15) is 0 Å². The largest absolute Gasteiger partial charge is 1.00 e. The van der Waals surface area contributed by atoms with Crippen molar-refractivity contribution in [1.29, 1.82) is 0 Å². The maximum atomic E-state index is 12.1. The summed E-state index contributed by atoms with van der Waals surface area (Å²) in [7, 11) is 5.81. The summed E-state index contributed by atoms with van der Waals surface area (Å²) < 4.78 is 10.4. The van der Waals surface area contributed by atoms with Crippen LogP contribution in [-0.4, -0.2) is 25.7 Å². The van der Waals surface area contributed by atoms with Crippen LogP contribution in [-0.2, 0) is 0 Å². The molecule has 0 heterocycles. The third kappa shape index (κ3) is 4.65. The van der Waals surface area contributed by atoms with Crippen molar-refractivity contribution in [2.24, 2.45) is 0 Å². The fourth-order valence-electron chi connectivity index (χ4n) is 1.61. The van der Waals surface area contributed by atoms with E-state index in [1.165, 1.54) is 0 Å². The molecule has 0 fully saturated rings. The molecule has 1 aromatic carbocycles. The summed E-state index contributed by atoms with van der Waals surface area (Å²) in [6, 6.07) is 5.37. The second-order valence-electron chi connectivity index (χ2n) is 3.98. The average Bonchev–Trinajstić information content (AvgIpc) is 2.34. The van der Waals surface area contributed by atoms with Gasteiger partial charge in [0.25, 0.3) is 0 Å². The molecule has 0 aliphatic heterocycles. The molecule has 0 spiro atoms. The topological polar surface area (TPSA) is 35.5 Å². The molecule has 1 rings (SSSR count). The van der Waals surface area contributed by atoms with Gasteiger partial charge in [-0.15, -0.1) is 9.24 Å². The van der Waals surface area contributed by atoms with Crippen molar-refractivity contribution in [3.63, 3.8) is 0 Å². The Bertz CT molecular complexity index is 377. The van der Waals surface area contributed by atoms with Gasteiger partial charge in [-0.3, -0.25) is 4.79 Å². The van der Waals surface area contributed by atoms with E-state index in [0.29, 0.717) is 29.1 Å². The van der Waals surface area contributed by atoms with Gasteiger partial charge in [0.2, 0.25) is 0 Å². The molecule has 0 amide bonds. The number of rotatable bonds is 6. The average molecular weight is 262 g/mol. The summed E-state index contributed by atoms with van der Waals surface area (Å²) in [5, 5.41) is 0. The van der Waals surface area contributed by atoms with Crippen LogP contribution in [0.25, 0.3) is 0 Å². The van der Waals surface area contributed by atoms with Gasteiger partial charge >= 0.3 is 18.9 Å². The maximum absolute atomic E-state index is 12.1. The molecule has 2 unspecified atom stereocenters. The van der Waals surface area contributed by atoms with Crippen LogP contribution in [0.4, 0.5) is 0 Å². The molecule has 0 saturated carbocycles. The van der Waals surface area contributed by atoms with Crippen molar-refractivity contribution in [1.82, 2.24) is 0 Å². The van der Waals surface area contributed by atoms with E-state index in [9.17, 15) is 4.79 Å². The van der Waals surface area contributed by atoms with Crippen molar-refractivity contribution in [3.8, 4) is 11.5 Å². The fourth-order valence-corrected chi connectivity index (χ4v) is 1.78. The Kier molecular flexibility index (Phi) is 8.36. The Balaban J connectivity index is 0. The van der Waals surface area contributed by atoms with E-state index in [4.69, 9.17) is 9.47 Å². The molecule has 0 aliphatic carbocycles. The predicted octanol–water partition coefficient (Wildman–Crippen LogP) is 0.0468. The van der Waals surface area contributed by atoms with Crippen molar-refractivity contribution in [2.75, 3.05) is 14.2 Å². The Morgan fingerprint density at radius 1 is 1.33 bits per heavy atom. The molecule has 0 aromatic heterocycles. The Labute approximate surface area is 124 Å². The maximum Gasteiger partial charge on any atom is 1.00 e. The molecule has 0 aliphatic rings. The van der Waals surface area contributed by atoms with E-state index in [-0.39, 0.29) is 26.1 Å². The van der Waals surface area contributed by atoms with Gasteiger partial charge in [-0.25, -0.2) is 0 Å². The molecule has 0 radical (unpaired) electrons. The molecule has 1 aromatic rings. The first-order chi connectivity index (χ1) is 8.10. The summed E-state index contributed by atoms with van der Waals surface area (Å²) in [5.41, 5.74) is 0.975. The normalized spacial score (nSPS) is 11.3. The van der Waals surface area contributed by atoms with Crippen molar-refractivity contribution >= 4 is 15.0 Å². The van der Waals surface area contributed by atoms with Gasteiger partial charge in [-0.1, -0.05) is 13.0 Å². The molecule has 0 saturated heterocycles. The van der Waals surface area contributed by atoms with Crippen LogP contribution in [0.1, 0.15) is 31.6 Å². The van der Waals surface area contributed by atoms with Crippen LogP contribution in [0.5, 0.6) is 11.5 Å².